The highest BCUT2D eigenvalue weighted by molar-refractivity contribution is 7.89. The van der Waals surface area contributed by atoms with Crippen LogP contribution in [0.2, 0.25) is 0 Å². The van der Waals surface area contributed by atoms with E-state index in [4.69, 9.17) is 0 Å². The molecule has 0 amide bonds. The lowest BCUT2D eigenvalue weighted by atomic mass is 9.81. The summed E-state index contributed by atoms with van der Waals surface area (Å²) in [6, 6.07) is 7.36. The van der Waals surface area contributed by atoms with E-state index in [1.165, 1.54) is 6.42 Å². The third-order valence-electron chi connectivity index (χ3n) is 4.38. The Kier molecular flexibility index (Phi) is 5.41. The largest absolute Gasteiger partial charge is 0.310 e. The predicted octanol–water partition coefficient (Wildman–Crippen LogP) is 2.82. The van der Waals surface area contributed by atoms with Crippen LogP contribution in [-0.4, -0.2) is 21.0 Å². The van der Waals surface area contributed by atoms with Gasteiger partial charge in [0.1, 0.15) is 0 Å². The van der Waals surface area contributed by atoms with E-state index in [9.17, 15) is 8.42 Å². The summed E-state index contributed by atoms with van der Waals surface area (Å²) >= 11 is 0. The van der Waals surface area contributed by atoms with Gasteiger partial charge in [-0.15, -0.1) is 0 Å². The van der Waals surface area contributed by atoms with Crippen molar-refractivity contribution in [2.75, 3.05) is 6.54 Å². The number of rotatable bonds is 7. The van der Waals surface area contributed by atoms with Crippen LogP contribution < -0.4 is 10.0 Å². The Morgan fingerprint density at radius 1 is 1.29 bits per heavy atom. The zero-order chi connectivity index (χ0) is 15.5. The highest BCUT2D eigenvalue weighted by atomic mass is 32.2. The third-order valence-corrected chi connectivity index (χ3v) is 5.93. The van der Waals surface area contributed by atoms with Crippen LogP contribution in [0, 0.1) is 5.92 Å². The Bertz CT molecular complexity index is 567. The van der Waals surface area contributed by atoms with Crippen LogP contribution in [0.5, 0.6) is 0 Å². The first-order valence-corrected chi connectivity index (χ1v) is 9.28. The van der Waals surface area contributed by atoms with Crippen molar-refractivity contribution in [3.8, 4) is 0 Å². The molecule has 0 heterocycles. The molecule has 0 aliphatic heterocycles. The first-order chi connectivity index (χ1) is 9.94. The zero-order valence-electron chi connectivity index (χ0n) is 13.1. The molecule has 2 N–H and O–H groups in total. The molecule has 2 rings (SSSR count). The molecule has 2 unspecified atom stereocenters. The number of nitrogens with one attached hydrogen (secondary N) is 2. The summed E-state index contributed by atoms with van der Waals surface area (Å²) in [5.41, 5.74) is 0.996. The van der Waals surface area contributed by atoms with Crippen LogP contribution in [0.15, 0.2) is 29.2 Å². The summed E-state index contributed by atoms with van der Waals surface area (Å²) < 4.78 is 27.8. The van der Waals surface area contributed by atoms with Crippen LogP contribution in [-0.2, 0) is 10.0 Å². The molecular formula is C16H26N2O2S. The van der Waals surface area contributed by atoms with Crippen molar-refractivity contribution in [3.05, 3.63) is 29.8 Å². The van der Waals surface area contributed by atoms with Gasteiger partial charge < -0.3 is 5.32 Å². The summed E-state index contributed by atoms with van der Waals surface area (Å²) in [7, 11) is -3.43. The van der Waals surface area contributed by atoms with Crippen molar-refractivity contribution >= 4 is 10.0 Å². The fourth-order valence-corrected chi connectivity index (χ4v) is 4.09. The molecule has 1 aromatic carbocycles. The maximum absolute atomic E-state index is 12.5. The van der Waals surface area contributed by atoms with E-state index < -0.39 is 10.0 Å². The van der Waals surface area contributed by atoms with Crippen LogP contribution in [0.4, 0.5) is 0 Å². The minimum Gasteiger partial charge on any atom is -0.310 e. The van der Waals surface area contributed by atoms with Gasteiger partial charge in [-0.2, -0.15) is 0 Å². The molecule has 0 aromatic heterocycles. The summed E-state index contributed by atoms with van der Waals surface area (Å²) in [6.45, 7) is 6.90. The standard InChI is InChI=1S/C16H26N2O2S/c1-4-17-12(2)15-9-6-10-16(11-15)21(19,20)18-13(3)14-7-5-8-14/h6,9-14,17-18H,4-5,7-8H2,1-3H3. The third kappa shape index (κ3) is 4.05. The Labute approximate surface area is 128 Å². The Hall–Kier alpha value is -0.910. The zero-order valence-corrected chi connectivity index (χ0v) is 13.9. The molecule has 5 heteroatoms. The second kappa shape index (κ2) is 6.90. The number of sulfonamides is 1. The van der Waals surface area contributed by atoms with Gasteiger partial charge in [0.15, 0.2) is 0 Å². The van der Waals surface area contributed by atoms with E-state index in [0.717, 1.165) is 24.9 Å². The average Bonchev–Trinajstić information content (AvgIpc) is 2.36. The Balaban J connectivity index is 2.13. The number of benzene rings is 1. The Morgan fingerprint density at radius 3 is 2.57 bits per heavy atom. The van der Waals surface area contributed by atoms with Crippen molar-refractivity contribution in [3.63, 3.8) is 0 Å². The van der Waals surface area contributed by atoms with Crippen LogP contribution in [0.3, 0.4) is 0 Å². The highest BCUT2D eigenvalue weighted by Gasteiger charge is 2.28. The highest BCUT2D eigenvalue weighted by Crippen LogP contribution is 2.30. The molecule has 1 aliphatic carbocycles. The average molecular weight is 310 g/mol. The first-order valence-electron chi connectivity index (χ1n) is 7.79. The van der Waals surface area contributed by atoms with Gasteiger partial charge in [-0.3, -0.25) is 0 Å². The van der Waals surface area contributed by atoms with Gasteiger partial charge in [0.25, 0.3) is 0 Å². The van der Waals surface area contributed by atoms with E-state index in [1.54, 1.807) is 12.1 Å². The molecular weight excluding hydrogens is 284 g/mol. The number of hydrogen-bond acceptors (Lipinski definition) is 3. The van der Waals surface area contributed by atoms with Gasteiger partial charge in [0.2, 0.25) is 10.0 Å². The quantitative estimate of drug-likeness (QED) is 0.814. The van der Waals surface area contributed by atoms with Gasteiger partial charge in [-0.05, 0) is 56.8 Å². The van der Waals surface area contributed by atoms with Crippen molar-refractivity contribution in [2.24, 2.45) is 5.92 Å². The molecule has 0 bridgehead atoms. The van der Waals surface area contributed by atoms with Gasteiger partial charge in [0, 0.05) is 12.1 Å². The van der Waals surface area contributed by atoms with Gasteiger partial charge >= 0.3 is 0 Å². The fraction of sp³-hybridized carbons (Fsp3) is 0.625. The molecule has 2 atom stereocenters. The van der Waals surface area contributed by atoms with Crippen LogP contribution in [0.25, 0.3) is 0 Å². The van der Waals surface area contributed by atoms with Gasteiger partial charge in [-0.1, -0.05) is 25.5 Å². The second-order valence-corrected chi connectivity index (χ2v) is 7.67. The lowest BCUT2D eigenvalue weighted by Crippen LogP contribution is -2.40. The van der Waals surface area contributed by atoms with Crippen LogP contribution >= 0.6 is 0 Å². The molecule has 1 fully saturated rings. The molecule has 0 saturated heterocycles. The topological polar surface area (TPSA) is 58.2 Å². The maximum Gasteiger partial charge on any atom is 0.240 e. The van der Waals surface area contributed by atoms with E-state index in [1.807, 2.05) is 32.9 Å². The molecule has 1 aliphatic rings. The summed E-state index contributed by atoms with van der Waals surface area (Å²) in [6.07, 6.45) is 3.47. The molecule has 1 saturated carbocycles. The predicted molar refractivity (Wildman–Crippen MR) is 85.7 cm³/mol. The van der Waals surface area contributed by atoms with Crippen molar-refractivity contribution in [1.82, 2.24) is 10.0 Å². The lowest BCUT2D eigenvalue weighted by molar-refractivity contribution is 0.260. The van der Waals surface area contributed by atoms with Gasteiger partial charge in [0.05, 0.1) is 4.90 Å². The summed E-state index contributed by atoms with van der Waals surface area (Å²) in [5, 5.41) is 3.30. The molecule has 0 radical (unpaired) electrons. The molecule has 4 nitrogen and oxygen atoms in total. The first kappa shape index (κ1) is 16.5. The fourth-order valence-electron chi connectivity index (χ4n) is 2.72. The minimum absolute atomic E-state index is 0.0126. The van der Waals surface area contributed by atoms with E-state index in [-0.39, 0.29) is 12.1 Å². The van der Waals surface area contributed by atoms with Crippen molar-refractivity contribution in [2.45, 2.75) is 57.0 Å². The maximum atomic E-state index is 12.5. The lowest BCUT2D eigenvalue weighted by Gasteiger charge is -2.31. The molecule has 1 aromatic rings. The van der Waals surface area contributed by atoms with E-state index in [0.29, 0.717) is 10.8 Å². The minimum atomic E-state index is -3.43. The SMILES string of the molecule is CCNC(C)c1cccc(S(=O)(=O)NC(C)C2CCC2)c1. The smallest absolute Gasteiger partial charge is 0.240 e. The van der Waals surface area contributed by atoms with E-state index >= 15 is 0 Å². The Morgan fingerprint density at radius 2 is 2.00 bits per heavy atom. The molecule has 118 valence electrons. The normalized spacial score (nSPS) is 19.0. The van der Waals surface area contributed by atoms with Crippen molar-refractivity contribution < 1.29 is 8.42 Å². The summed E-state index contributed by atoms with van der Waals surface area (Å²) in [4.78, 5) is 0.357. The van der Waals surface area contributed by atoms with Crippen molar-refractivity contribution in [1.29, 1.82) is 0 Å². The molecule has 0 spiro atoms. The van der Waals surface area contributed by atoms with Gasteiger partial charge in [-0.25, -0.2) is 13.1 Å². The molecule has 21 heavy (non-hydrogen) atoms. The monoisotopic (exact) mass is 310 g/mol. The summed E-state index contributed by atoms with van der Waals surface area (Å²) in [5.74, 6) is 0.489. The van der Waals surface area contributed by atoms with E-state index in [2.05, 4.69) is 10.0 Å². The van der Waals surface area contributed by atoms with Crippen LogP contribution in [0.1, 0.15) is 51.6 Å². The number of hydrogen-bond donors (Lipinski definition) is 2. The second-order valence-electron chi connectivity index (χ2n) is 5.95.